The van der Waals surface area contributed by atoms with Crippen molar-refractivity contribution in [1.29, 1.82) is 0 Å². The Balaban J connectivity index is 0.000000550. The molecular formula is C52H54Hf. The predicted octanol–water partition coefficient (Wildman–Crippen LogP) is 15.2. The van der Waals surface area contributed by atoms with Gasteiger partial charge in [-0.15, -0.1) is 80.2 Å². The Morgan fingerprint density at radius 3 is 1.19 bits per heavy atom. The Kier molecular flexibility index (Phi) is 14.6. The average molecular weight is 857 g/mol. The van der Waals surface area contributed by atoms with Gasteiger partial charge < -0.3 is 13.8 Å². The van der Waals surface area contributed by atoms with E-state index < -0.39 is 0 Å². The minimum absolute atomic E-state index is 0. The molecule has 0 N–H and O–H groups in total. The molecule has 1 heteroatoms. The molecule has 0 unspecified atom stereocenters. The standard InChI is InChI=1S/C44H36.2C4H9.Hf/c1-3-29-27-35-19-9-17-33(41(35)43(29)39-23-11-15-31-13-5-7-21-37(31)39)25-26-34-18-10-20-36-28-30(4-2)44(42(34)36)40-24-12-16-32-14-6-8-22-38(32)40;2*1-3-4-2;/h5-24,27-28H,3-4,25-26H2,1-2H3;2*1,3-4H2,2H3;/q-2;2*-1;+4. The molecule has 0 atom stereocenters. The van der Waals surface area contributed by atoms with E-state index in [-0.39, 0.29) is 25.8 Å². The van der Waals surface area contributed by atoms with Crippen molar-refractivity contribution in [2.24, 2.45) is 0 Å². The number of rotatable bonds is 9. The van der Waals surface area contributed by atoms with Gasteiger partial charge in [0.25, 0.3) is 0 Å². The Hall–Kier alpha value is -4.07. The van der Waals surface area contributed by atoms with Gasteiger partial charge in [-0.25, -0.2) is 0 Å². The number of hydrogen-bond acceptors (Lipinski definition) is 0. The second-order valence-corrected chi connectivity index (χ2v) is 13.8. The molecule has 53 heavy (non-hydrogen) atoms. The van der Waals surface area contributed by atoms with Crippen LogP contribution in [0.2, 0.25) is 0 Å². The van der Waals surface area contributed by atoms with E-state index in [1.54, 1.807) is 0 Å². The molecule has 0 bridgehead atoms. The number of aryl methyl sites for hydroxylation is 4. The van der Waals surface area contributed by atoms with Crippen LogP contribution in [-0.2, 0) is 51.5 Å². The molecule has 0 radical (unpaired) electrons. The molecular weight excluding hydrogens is 803 g/mol. The fraction of sp³-hybridized carbons (Fsp3) is 0.231. The van der Waals surface area contributed by atoms with Crippen molar-refractivity contribution in [3.05, 3.63) is 170 Å². The van der Waals surface area contributed by atoms with E-state index in [4.69, 9.17) is 0 Å². The van der Waals surface area contributed by atoms with Crippen LogP contribution in [0.3, 0.4) is 0 Å². The molecule has 266 valence electrons. The van der Waals surface area contributed by atoms with E-state index in [1.807, 2.05) is 0 Å². The van der Waals surface area contributed by atoms with Crippen molar-refractivity contribution in [2.45, 2.75) is 79.1 Å². The Bertz CT molecular complexity index is 2200. The summed E-state index contributed by atoms with van der Waals surface area (Å²) in [5, 5.41) is 10.8. The molecule has 0 spiro atoms. The molecule has 0 nitrogen and oxygen atoms in total. The smallest absolute Gasteiger partial charge is 0.343 e. The third kappa shape index (κ3) is 8.52. The van der Waals surface area contributed by atoms with E-state index in [0.29, 0.717) is 0 Å². The van der Waals surface area contributed by atoms with Crippen LogP contribution >= 0.6 is 0 Å². The summed E-state index contributed by atoms with van der Waals surface area (Å²) in [5.74, 6) is 0. The minimum atomic E-state index is 0. The van der Waals surface area contributed by atoms with Gasteiger partial charge in [0.2, 0.25) is 0 Å². The van der Waals surface area contributed by atoms with Gasteiger partial charge in [-0.3, -0.25) is 0 Å². The van der Waals surface area contributed by atoms with Crippen LogP contribution in [0.4, 0.5) is 0 Å². The summed E-state index contributed by atoms with van der Waals surface area (Å²) in [6, 6.07) is 49.9. The molecule has 0 aliphatic carbocycles. The predicted molar refractivity (Wildman–Crippen MR) is 232 cm³/mol. The first kappa shape index (κ1) is 40.1. The van der Waals surface area contributed by atoms with Crippen LogP contribution < -0.4 is 0 Å². The van der Waals surface area contributed by atoms with Gasteiger partial charge >= 0.3 is 25.8 Å². The van der Waals surface area contributed by atoms with Crippen molar-refractivity contribution in [1.82, 2.24) is 0 Å². The van der Waals surface area contributed by atoms with Gasteiger partial charge in [0.1, 0.15) is 0 Å². The molecule has 0 saturated carbocycles. The van der Waals surface area contributed by atoms with Crippen LogP contribution in [-0.4, -0.2) is 0 Å². The minimum Gasteiger partial charge on any atom is -0.343 e. The zero-order valence-corrected chi connectivity index (χ0v) is 35.9. The summed E-state index contributed by atoms with van der Waals surface area (Å²) in [4.78, 5) is 0. The first-order valence-corrected chi connectivity index (χ1v) is 19.5. The normalized spacial score (nSPS) is 10.9. The summed E-state index contributed by atoms with van der Waals surface area (Å²) in [5.41, 5.74) is 11.3. The van der Waals surface area contributed by atoms with Gasteiger partial charge in [0, 0.05) is 0 Å². The first-order chi connectivity index (χ1) is 25.6. The monoisotopic (exact) mass is 858 g/mol. The maximum Gasteiger partial charge on any atom is 4.00 e. The third-order valence-electron chi connectivity index (χ3n) is 10.4. The summed E-state index contributed by atoms with van der Waals surface area (Å²) < 4.78 is 0. The second-order valence-electron chi connectivity index (χ2n) is 13.8. The van der Waals surface area contributed by atoms with Crippen LogP contribution in [0, 0.1) is 13.8 Å². The summed E-state index contributed by atoms with van der Waals surface area (Å²) in [6.45, 7) is 16.0. The molecule has 0 amide bonds. The molecule has 0 fully saturated rings. The zero-order chi connectivity index (χ0) is 36.5. The third-order valence-corrected chi connectivity index (χ3v) is 10.4. The van der Waals surface area contributed by atoms with Crippen molar-refractivity contribution < 1.29 is 25.8 Å². The van der Waals surface area contributed by atoms with Gasteiger partial charge in [-0.1, -0.05) is 160 Å². The van der Waals surface area contributed by atoms with Crippen LogP contribution in [0.25, 0.3) is 65.3 Å². The fourth-order valence-electron chi connectivity index (χ4n) is 7.68. The van der Waals surface area contributed by atoms with Crippen molar-refractivity contribution >= 4 is 43.1 Å². The first-order valence-electron chi connectivity index (χ1n) is 19.5. The van der Waals surface area contributed by atoms with Crippen molar-refractivity contribution in [3.8, 4) is 22.3 Å². The van der Waals surface area contributed by atoms with Crippen molar-refractivity contribution in [2.75, 3.05) is 0 Å². The molecule has 0 heterocycles. The summed E-state index contributed by atoms with van der Waals surface area (Å²) in [7, 11) is 0. The number of hydrogen-bond donors (Lipinski definition) is 0. The molecule has 8 aromatic rings. The van der Waals surface area contributed by atoms with E-state index in [2.05, 4.69) is 175 Å². The van der Waals surface area contributed by atoms with Crippen molar-refractivity contribution in [3.63, 3.8) is 0 Å². The fourth-order valence-corrected chi connectivity index (χ4v) is 7.68. The quantitative estimate of drug-likeness (QED) is 0.100. The largest absolute Gasteiger partial charge is 4.00 e. The second kappa shape index (κ2) is 19.3. The van der Waals surface area contributed by atoms with Crippen LogP contribution in [0.5, 0.6) is 0 Å². The van der Waals surface area contributed by atoms with E-state index >= 15 is 0 Å². The maximum absolute atomic E-state index is 3.60. The molecule has 8 aromatic carbocycles. The number of benzene rings is 6. The summed E-state index contributed by atoms with van der Waals surface area (Å²) in [6.07, 6.45) is 8.60. The Morgan fingerprint density at radius 1 is 0.453 bits per heavy atom. The zero-order valence-electron chi connectivity index (χ0n) is 32.3. The van der Waals surface area contributed by atoms with Gasteiger partial charge in [-0.2, -0.15) is 12.8 Å². The summed E-state index contributed by atoms with van der Waals surface area (Å²) >= 11 is 0. The SMILES string of the molecule is CCc1[cH-]c2cccc(CCc3cccc4[cH-]c(CC)c(-c5cccc6ccccc56)c34)c2c1-c1cccc2ccccc12.[CH2-]CCC.[CH2-]CCC.[Hf+4]. The molecule has 0 saturated heterocycles. The topological polar surface area (TPSA) is 0 Å². The number of fused-ring (bicyclic) bond motifs is 4. The Morgan fingerprint density at radius 2 is 0.811 bits per heavy atom. The van der Waals surface area contributed by atoms with Gasteiger partial charge in [-0.05, 0) is 47.2 Å². The average Bonchev–Trinajstić information content (AvgIpc) is 3.79. The van der Waals surface area contributed by atoms with E-state index in [1.165, 1.54) is 100 Å². The maximum atomic E-state index is 3.60. The molecule has 0 aliphatic heterocycles. The van der Waals surface area contributed by atoms with Crippen LogP contribution in [0.15, 0.2) is 133 Å². The van der Waals surface area contributed by atoms with Gasteiger partial charge in [0.05, 0.1) is 0 Å². The molecule has 0 aliphatic rings. The molecule has 8 rings (SSSR count). The van der Waals surface area contributed by atoms with E-state index in [0.717, 1.165) is 38.5 Å². The van der Waals surface area contributed by atoms with E-state index in [9.17, 15) is 0 Å². The Labute approximate surface area is 337 Å². The molecule has 0 aromatic heterocycles. The number of unbranched alkanes of at least 4 members (excludes halogenated alkanes) is 2. The van der Waals surface area contributed by atoms with Crippen LogP contribution in [0.1, 0.15) is 75.6 Å². The van der Waals surface area contributed by atoms with Gasteiger partial charge in [0.15, 0.2) is 0 Å².